The molecule has 0 saturated carbocycles. The topological polar surface area (TPSA) is 61.4 Å². The second-order valence-corrected chi connectivity index (χ2v) is 8.05. The number of benzene rings is 1. The van der Waals surface area contributed by atoms with Crippen LogP contribution in [0.5, 0.6) is 0 Å². The van der Waals surface area contributed by atoms with Crippen LogP contribution in [0.25, 0.3) is 0 Å². The van der Waals surface area contributed by atoms with Crippen LogP contribution < -0.4 is 10.6 Å². The highest BCUT2D eigenvalue weighted by Crippen LogP contribution is 2.19. The summed E-state index contributed by atoms with van der Waals surface area (Å²) in [6, 6.07) is 7.86. The number of nitrogens with one attached hydrogen (secondary N) is 2. The van der Waals surface area contributed by atoms with E-state index in [-0.39, 0.29) is 17.9 Å². The highest BCUT2D eigenvalue weighted by molar-refractivity contribution is 5.95. The molecule has 1 aliphatic carbocycles. The first-order valence-corrected chi connectivity index (χ1v) is 10.7. The molecule has 28 heavy (non-hydrogen) atoms. The molecule has 0 spiro atoms. The number of aryl methyl sites for hydroxylation is 1. The Bertz CT molecular complexity index is 706. The van der Waals surface area contributed by atoms with Crippen LogP contribution in [0.4, 0.5) is 0 Å². The van der Waals surface area contributed by atoms with Gasteiger partial charge in [-0.25, -0.2) is 0 Å². The van der Waals surface area contributed by atoms with E-state index in [9.17, 15) is 9.59 Å². The molecule has 0 unspecified atom stereocenters. The maximum absolute atomic E-state index is 12.4. The fourth-order valence-electron chi connectivity index (χ4n) is 4.08. The highest BCUT2D eigenvalue weighted by Gasteiger charge is 2.22. The van der Waals surface area contributed by atoms with E-state index < -0.39 is 0 Å². The van der Waals surface area contributed by atoms with Crippen molar-refractivity contribution in [2.75, 3.05) is 26.2 Å². The second kappa shape index (κ2) is 10.4. The second-order valence-electron chi connectivity index (χ2n) is 8.05. The van der Waals surface area contributed by atoms with E-state index in [1.54, 1.807) is 0 Å². The van der Waals surface area contributed by atoms with Crippen LogP contribution >= 0.6 is 0 Å². The molecule has 5 nitrogen and oxygen atoms in total. The lowest BCUT2D eigenvalue weighted by molar-refractivity contribution is -0.122. The molecule has 2 aliphatic rings. The van der Waals surface area contributed by atoms with Gasteiger partial charge in [-0.1, -0.05) is 29.8 Å². The third-order valence-corrected chi connectivity index (χ3v) is 5.83. The number of nitrogens with zero attached hydrogens (tertiary/aromatic N) is 1. The zero-order chi connectivity index (χ0) is 19.8. The fraction of sp³-hybridized carbons (Fsp3) is 0.565. The average Bonchev–Trinajstić information content (AvgIpc) is 2.70. The van der Waals surface area contributed by atoms with Crippen LogP contribution in [0, 0.1) is 6.92 Å². The number of piperidine rings is 1. The van der Waals surface area contributed by atoms with Crippen molar-refractivity contribution in [3.05, 3.63) is 47.0 Å². The number of allylic oxidation sites excluding steroid dienone is 1. The van der Waals surface area contributed by atoms with Crippen LogP contribution in [0.3, 0.4) is 0 Å². The van der Waals surface area contributed by atoms with E-state index in [0.29, 0.717) is 6.54 Å². The van der Waals surface area contributed by atoms with Gasteiger partial charge in [0.05, 0.1) is 6.54 Å². The van der Waals surface area contributed by atoms with E-state index in [2.05, 4.69) is 21.6 Å². The summed E-state index contributed by atoms with van der Waals surface area (Å²) >= 11 is 0. The first-order valence-electron chi connectivity index (χ1n) is 10.7. The van der Waals surface area contributed by atoms with E-state index in [1.807, 2.05) is 31.2 Å². The Morgan fingerprint density at radius 1 is 1.14 bits per heavy atom. The van der Waals surface area contributed by atoms with Gasteiger partial charge in [-0.15, -0.1) is 0 Å². The van der Waals surface area contributed by atoms with Gasteiger partial charge >= 0.3 is 0 Å². The minimum absolute atomic E-state index is 0.00584. The minimum Gasteiger partial charge on any atom is -0.355 e. The molecule has 0 radical (unpaired) electrons. The Kier molecular flexibility index (Phi) is 7.66. The SMILES string of the molecule is Cc1ccccc1C(=O)NC1CCN(CC(=O)NCCC2=CCCCC2)CC1. The van der Waals surface area contributed by atoms with E-state index >= 15 is 0 Å². The molecule has 0 aromatic heterocycles. The lowest BCUT2D eigenvalue weighted by Gasteiger charge is -2.32. The van der Waals surface area contributed by atoms with Gasteiger partial charge in [0, 0.05) is 31.2 Å². The van der Waals surface area contributed by atoms with Gasteiger partial charge in [0.2, 0.25) is 5.91 Å². The van der Waals surface area contributed by atoms with Crippen LogP contribution in [0.1, 0.15) is 60.9 Å². The summed E-state index contributed by atoms with van der Waals surface area (Å²) in [4.78, 5) is 26.8. The maximum atomic E-state index is 12.4. The molecule has 1 aliphatic heterocycles. The van der Waals surface area contributed by atoms with Gasteiger partial charge in [0.25, 0.3) is 5.91 Å². The molecule has 5 heteroatoms. The van der Waals surface area contributed by atoms with Crippen molar-refractivity contribution >= 4 is 11.8 Å². The quantitative estimate of drug-likeness (QED) is 0.711. The number of rotatable bonds is 7. The molecule has 1 aromatic rings. The fourth-order valence-corrected chi connectivity index (χ4v) is 4.08. The first-order chi connectivity index (χ1) is 13.6. The van der Waals surface area contributed by atoms with Crippen molar-refractivity contribution in [1.82, 2.24) is 15.5 Å². The smallest absolute Gasteiger partial charge is 0.251 e. The molecule has 152 valence electrons. The summed E-state index contributed by atoms with van der Waals surface area (Å²) in [6.07, 6.45) is 10.1. The van der Waals surface area contributed by atoms with E-state index in [0.717, 1.165) is 50.0 Å². The number of amides is 2. The number of likely N-dealkylation sites (tertiary alicyclic amines) is 1. The lowest BCUT2D eigenvalue weighted by atomic mass is 9.97. The normalized spacial score (nSPS) is 18.4. The predicted molar refractivity (Wildman–Crippen MR) is 112 cm³/mol. The maximum Gasteiger partial charge on any atom is 0.251 e. The largest absolute Gasteiger partial charge is 0.355 e. The molecular weight excluding hydrogens is 350 g/mol. The Morgan fingerprint density at radius 3 is 2.64 bits per heavy atom. The van der Waals surface area contributed by atoms with Gasteiger partial charge in [-0.05, 0) is 63.5 Å². The van der Waals surface area contributed by atoms with Crippen LogP contribution in [-0.4, -0.2) is 48.9 Å². The van der Waals surface area contributed by atoms with E-state index in [4.69, 9.17) is 0 Å². The van der Waals surface area contributed by atoms with E-state index in [1.165, 1.54) is 31.3 Å². The monoisotopic (exact) mass is 383 g/mol. The van der Waals surface area contributed by atoms with Crippen LogP contribution in [0.2, 0.25) is 0 Å². The van der Waals surface area contributed by atoms with Gasteiger partial charge in [0.1, 0.15) is 0 Å². The summed E-state index contributed by atoms with van der Waals surface area (Å²) in [5.41, 5.74) is 3.24. The molecule has 3 rings (SSSR count). The van der Waals surface area contributed by atoms with Gasteiger partial charge in [-0.2, -0.15) is 0 Å². The van der Waals surface area contributed by atoms with Gasteiger partial charge < -0.3 is 10.6 Å². The molecule has 0 bridgehead atoms. The predicted octanol–water partition coefficient (Wildman–Crippen LogP) is 3.20. The number of carbonyl (C=O) groups excluding carboxylic acids is 2. The number of hydrogen-bond acceptors (Lipinski definition) is 3. The average molecular weight is 384 g/mol. The van der Waals surface area contributed by atoms with Gasteiger partial charge in [-0.3, -0.25) is 14.5 Å². The Morgan fingerprint density at radius 2 is 1.93 bits per heavy atom. The Labute approximate surface area is 168 Å². The summed E-state index contributed by atoms with van der Waals surface area (Å²) < 4.78 is 0. The molecule has 2 N–H and O–H groups in total. The highest BCUT2D eigenvalue weighted by atomic mass is 16.2. The number of carbonyl (C=O) groups is 2. The third kappa shape index (κ3) is 6.20. The summed E-state index contributed by atoms with van der Waals surface area (Å²) in [5.74, 6) is 0.116. The standard InChI is InChI=1S/C23H33N3O2/c1-18-7-5-6-10-21(18)23(28)25-20-12-15-26(16-13-20)17-22(27)24-14-11-19-8-3-2-4-9-19/h5-8,10,20H,2-4,9,11-17H2,1H3,(H,24,27)(H,25,28). The van der Waals surface area contributed by atoms with Crippen molar-refractivity contribution < 1.29 is 9.59 Å². The van der Waals surface area contributed by atoms with Crippen molar-refractivity contribution in [1.29, 1.82) is 0 Å². The molecular formula is C23H33N3O2. The van der Waals surface area contributed by atoms with Gasteiger partial charge in [0.15, 0.2) is 0 Å². The number of hydrogen-bond donors (Lipinski definition) is 2. The van der Waals surface area contributed by atoms with Crippen molar-refractivity contribution in [2.24, 2.45) is 0 Å². The summed E-state index contributed by atoms with van der Waals surface area (Å²) in [6.45, 7) is 4.85. The molecule has 2 amide bonds. The zero-order valence-electron chi connectivity index (χ0n) is 17.0. The molecule has 1 aromatic carbocycles. The van der Waals surface area contributed by atoms with Crippen LogP contribution in [0.15, 0.2) is 35.9 Å². The Balaban J connectivity index is 1.33. The molecule has 1 heterocycles. The molecule has 1 fully saturated rings. The minimum atomic E-state index is 0.00584. The van der Waals surface area contributed by atoms with Crippen LogP contribution in [-0.2, 0) is 4.79 Å². The molecule has 0 atom stereocenters. The first kappa shape index (κ1) is 20.6. The Hall–Kier alpha value is -2.14. The van der Waals surface area contributed by atoms with Crippen molar-refractivity contribution in [3.8, 4) is 0 Å². The van der Waals surface area contributed by atoms with Crippen molar-refractivity contribution in [3.63, 3.8) is 0 Å². The summed E-state index contributed by atoms with van der Waals surface area (Å²) in [7, 11) is 0. The summed E-state index contributed by atoms with van der Waals surface area (Å²) in [5, 5.41) is 6.21. The van der Waals surface area contributed by atoms with Crippen molar-refractivity contribution in [2.45, 2.75) is 57.9 Å². The lowest BCUT2D eigenvalue weighted by Crippen LogP contribution is -2.47. The molecule has 1 saturated heterocycles. The third-order valence-electron chi connectivity index (χ3n) is 5.83. The zero-order valence-corrected chi connectivity index (χ0v) is 17.0.